The molecule has 6 nitrogen and oxygen atoms in total. The molecule has 6 heteroatoms. The van der Waals surface area contributed by atoms with E-state index in [1.54, 1.807) is 0 Å². The first kappa shape index (κ1) is 13.5. The molecule has 0 fully saturated rings. The molecule has 1 unspecified atom stereocenters. The number of hydrogen-bond donors (Lipinski definition) is 2. The fourth-order valence-electron chi connectivity index (χ4n) is 1.14. The maximum atomic E-state index is 11.5. The Morgan fingerprint density at radius 3 is 2.94 bits per heavy atom. The lowest BCUT2D eigenvalue weighted by Crippen LogP contribution is -2.36. The molecule has 18 heavy (non-hydrogen) atoms. The third kappa shape index (κ3) is 3.79. The Kier molecular flexibility index (Phi) is 4.69. The fraction of sp³-hybridized carbons (Fsp3) is 0.250. The average Bonchev–Trinajstić information content (AvgIpc) is 2.36. The summed E-state index contributed by atoms with van der Waals surface area (Å²) < 4.78 is 5.26. The van der Waals surface area contributed by atoms with Gasteiger partial charge in [-0.1, -0.05) is 5.92 Å². The number of carboxylic acid groups (broad SMARTS) is 1. The van der Waals surface area contributed by atoms with Gasteiger partial charge in [-0.05, 0) is 13.0 Å². The number of nitrogens with one attached hydrogen (secondary N) is 1. The lowest BCUT2D eigenvalue weighted by Gasteiger charge is -2.13. The number of terminal acetylenes is 1. The van der Waals surface area contributed by atoms with Gasteiger partial charge in [-0.2, -0.15) is 0 Å². The Bertz CT molecular complexity index is 493. The smallest absolute Gasteiger partial charge is 0.337 e. The normalized spacial score (nSPS) is 11.1. The van der Waals surface area contributed by atoms with Gasteiger partial charge in [-0.3, -0.25) is 9.78 Å². The van der Waals surface area contributed by atoms with Crippen LogP contribution in [-0.4, -0.2) is 34.6 Å². The number of pyridine rings is 1. The lowest BCUT2D eigenvalue weighted by atomic mass is 10.3. The van der Waals surface area contributed by atoms with E-state index in [1.807, 2.05) is 0 Å². The highest BCUT2D eigenvalue weighted by molar-refractivity contribution is 5.87. The van der Waals surface area contributed by atoms with Crippen LogP contribution >= 0.6 is 0 Å². The summed E-state index contributed by atoms with van der Waals surface area (Å²) in [6.07, 6.45) is 6.74. The lowest BCUT2D eigenvalue weighted by molar-refractivity contribution is -0.127. The van der Waals surface area contributed by atoms with Crippen LogP contribution in [0.2, 0.25) is 0 Å². The summed E-state index contributed by atoms with van der Waals surface area (Å²) in [5, 5.41) is 11.2. The highest BCUT2D eigenvalue weighted by atomic mass is 16.5. The van der Waals surface area contributed by atoms with Crippen molar-refractivity contribution in [2.75, 3.05) is 6.54 Å². The van der Waals surface area contributed by atoms with Gasteiger partial charge in [0.15, 0.2) is 6.10 Å². The highest BCUT2D eigenvalue weighted by Crippen LogP contribution is 2.13. The van der Waals surface area contributed by atoms with Gasteiger partial charge in [0.1, 0.15) is 5.75 Å². The summed E-state index contributed by atoms with van der Waals surface area (Å²) >= 11 is 0. The summed E-state index contributed by atoms with van der Waals surface area (Å²) in [5.74, 6) is 0.976. The summed E-state index contributed by atoms with van der Waals surface area (Å²) in [5.41, 5.74) is -0.0104. The molecule has 1 amide bonds. The minimum Gasteiger partial charge on any atom is -0.479 e. The van der Waals surface area contributed by atoms with Gasteiger partial charge in [0, 0.05) is 6.20 Å². The molecular formula is C12H12N2O4. The Morgan fingerprint density at radius 1 is 1.61 bits per heavy atom. The van der Waals surface area contributed by atoms with Crippen molar-refractivity contribution < 1.29 is 19.4 Å². The number of rotatable bonds is 5. The number of nitrogens with zero attached hydrogens (tertiary/aromatic N) is 1. The predicted molar refractivity (Wildman–Crippen MR) is 63.1 cm³/mol. The van der Waals surface area contributed by atoms with Gasteiger partial charge < -0.3 is 15.2 Å². The summed E-state index contributed by atoms with van der Waals surface area (Å²) in [6, 6.07) is 1.29. The van der Waals surface area contributed by atoms with Crippen molar-refractivity contribution in [2.45, 2.75) is 13.0 Å². The number of aromatic nitrogens is 1. The average molecular weight is 248 g/mol. The number of ether oxygens (including phenoxy) is 1. The SMILES string of the molecule is C#CCNC(=O)C(C)Oc1cncc(C(=O)O)c1. The molecule has 0 aromatic carbocycles. The van der Waals surface area contributed by atoms with Crippen LogP contribution in [0.25, 0.3) is 0 Å². The van der Waals surface area contributed by atoms with E-state index in [-0.39, 0.29) is 23.8 Å². The summed E-state index contributed by atoms with van der Waals surface area (Å²) in [4.78, 5) is 25.9. The second-order valence-electron chi connectivity index (χ2n) is 3.40. The van der Waals surface area contributed by atoms with Gasteiger partial charge in [0.2, 0.25) is 0 Å². The fourth-order valence-corrected chi connectivity index (χ4v) is 1.14. The van der Waals surface area contributed by atoms with E-state index in [9.17, 15) is 9.59 Å². The number of carbonyl (C=O) groups is 2. The number of hydrogen-bond acceptors (Lipinski definition) is 4. The largest absolute Gasteiger partial charge is 0.479 e. The summed E-state index contributed by atoms with van der Waals surface area (Å²) in [6.45, 7) is 1.64. The van der Waals surface area contributed by atoms with Gasteiger partial charge in [-0.25, -0.2) is 4.79 Å². The van der Waals surface area contributed by atoms with Crippen molar-refractivity contribution >= 4 is 11.9 Å². The van der Waals surface area contributed by atoms with Crippen molar-refractivity contribution in [3.8, 4) is 18.1 Å². The molecule has 0 aliphatic heterocycles. The Labute approximate surface area is 104 Å². The van der Waals surface area contributed by atoms with Crippen LogP contribution in [0.1, 0.15) is 17.3 Å². The van der Waals surface area contributed by atoms with Crippen LogP contribution in [0.15, 0.2) is 18.5 Å². The Balaban J connectivity index is 2.67. The minimum atomic E-state index is -1.11. The molecule has 1 aromatic rings. The molecule has 2 N–H and O–H groups in total. The molecule has 94 valence electrons. The number of carboxylic acids is 1. The second kappa shape index (κ2) is 6.25. The molecular weight excluding hydrogens is 236 g/mol. The predicted octanol–water partition coefficient (Wildman–Crippen LogP) is 0.296. The van der Waals surface area contributed by atoms with Gasteiger partial charge in [-0.15, -0.1) is 6.42 Å². The van der Waals surface area contributed by atoms with Crippen molar-refractivity contribution in [1.29, 1.82) is 0 Å². The van der Waals surface area contributed by atoms with Crippen LogP contribution in [0.4, 0.5) is 0 Å². The van der Waals surface area contributed by atoms with Crippen molar-refractivity contribution in [3.63, 3.8) is 0 Å². The van der Waals surface area contributed by atoms with Crippen molar-refractivity contribution in [2.24, 2.45) is 0 Å². The molecule has 1 atom stereocenters. The number of amides is 1. The van der Waals surface area contributed by atoms with E-state index in [4.69, 9.17) is 16.3 Å². The van der Waals surface area contributed by atoms with E-state index >= 15 is 0 Å². The van der Waals surface area contributed by atoms with Crippen LogP contribution < -0.4 is 10.1 Å². The standard InChI is InChI=1S/C12H12N2O4/c1-3-4-14-11(15)8(2)18-10-5-9(12(16)17)6-13-7-10/h1,5-8H,4H2,2H3,(H,14,15)(H,16,17). The maximum absolute atomic E-state index is 11.5. The number of carbonyl (C=O) groups excluding carboxylic acids is 1. The monoisotopic (exact) mass is 248 g/mol. The molecule has 0 spiro atoms. The third-order valence-corrected chi connectivity index (χ3v) is 2.01. The van der Waals surface area contributed by atoms with Crippen LogP contribution in [0, 0.1) is 12.3 Å². The van der Waals surface area contributed by atoms with Crippen molar-refractivity contribution in [1.82, 2.24) is 10.3 Å². The van der Waals surface area contributed by atoms with E-state index in [2.05, 4.69) is 16.2 Å². The Hall–Kier alpha value is -2.55. The highest BCUT2D eigenvalue weighted by Gasteiger charge is 2.14. The topological polar surface area (TPSA) is 88.5 Å². The molecule has 0 aliphatic carbocycles. The molecule has 1 aromatic heterocycles. The first-order valence-electron chi connectivity index (χ1n) is 5.10. The first-order valence-corrected chi connectivity index (χ1v) is 5.10. The number of aromatic carboxylic acids is 1. The molecule has 0 radical (unpaired) electrons. The van der Waals surface area contributed by atoms with Crippen molar-refractivity contribution in [3.05, 3.63) is 24.0 Å². The van der Waals surface area contributed by atoms with Crippen LogP contribution in [-0.2, 0) is 4.79 Å². The first-order chi connectivity index (χ1) is 8.54. The van der Waals surface area contributed by atoms with E-state index < -0.39 is 12.1 Å². The molecule has 1 rings (SSSR count). The molecule has 0 aliphatic rings. The zero-order valence-corrected chi connectivity index (χ0v) is 9.71. The minimum absolute atomic E-state index is 0.0104. The molecule has 0 saturated heterocycles. The molecule has 0 saturated carbocycles. The van der Waals surface area contributed by atoms with E-state index in [0.717, 1.165) is 0 Å². The van der Waals surface area contributed by atoms with Crippen LogP contribution in [0.5, 0.6) is 5.75 Å². The third-order valence-electron chi connectivity index (χ3n) is 2.01. The van der Waals surface area contributed by atoms with Crippen LogP contribution in [0.3, 0.4) is 0 Å². The van der Waals surface area contributed by atoms with E-state index in [0.29, 0.717) is 0 Å². The zero-order chi connectivity index (χ0) is 13.5. The quantitative estimate of drug-likeness (QED) is 0.731. The zero-order valence-electron chi connectivity index (χ0n) is 9.71. The summed E-state index contributed by atoms with van der Waals surface area (Å²) in [7, 11) is 0. The van der Waals surface area contributed by atoms with Gasteiger partial charge in [0.05, 0.1) is 18.3 Å². The van der Waals surface area contributed by atoms with Gasteiger partial charge in [0.25, 0.3) is 5.91 Å². The molecule has 0 bridgehead atoms. The molecule has 1 heterocycles. The Morgan fingerprint density at radius 2 is 2.33 bits per heavy atom. The second-order valence-corrected chi connectivity index (χ2v) is 3.40. The van der Waals surface area contributed by atoms with Gasteiger partial charge >= 0.3 is 5.97 Å². The maximum Gasteiger partial charge on any atom is 0.337 e. The van der Waals surface area contributed by atoms with E-state index in [1.165, 1.54) is 25.4 Å².